The van der Waals surface area contributed by atoms with Crippen molar-refractivity contribution in [2.45, 2.75) is 19.0 Å². The van der Waals surface area contributed by atoms with Crippen LogP contribution in [-0.2, 0) is 11.3 Å². The molecule has 1 amide bonds. The highest BCUT2D eigenvalue weighted by Crippen LogP contribution is 2.21. The maximum atomic E-state index is 12.6. The molecule has 0 spiro atoms. The van der Waals surface area contributed by atoms with Gasteiger partial charge in [-0.05, 0) is 12.0 Å². The Bertz CT molecular complexity index is 831. The number of nitrogens with one attached hydrogen (secondary N) is 2. The molecule has 1 aliphatic rings. The van der Waals surface area contributed by atoms with E-state index in [4.69, 9.17) is 0 Å². The van der Waals surface area contributed by atoms with Gasteiger partial charge in [0.15, 0.2) is 11.5 Å². The van der Waals surface area contributed by atoms with Crippen molar-refractivity contribution >= 4 is 22.9 Å². The van der Waals surface area contributed by atoms with Crippen LogP contribution in [-0.4, -0.2) is 43.3 Å². The van der Waals surface area contributed by atoms with Crippen molar-refractivity contribution in [3.05, 3.63) is 48.5 Å². The molecule has 116 valence electrons. The number of aromatic nitrogens is 4. The van der Waals surface area contributed by atoms with Gasteiger partial charge in [-0.15, -0.1) is 0 Å². The van der Waals surface area contributed by atoms with E-state index in [1.807, 2.05) is 35.2 Å². The van der Waals surface area contributed by atoms with Gasteiger partial charge in [0.2, 0.25) is 5.91 Å². The largest absolute Gasteiger partial charge is 0.356 e. The van der Waals surface area contributed by atoms with Gasteiger partial charge < -0.3 is 15.2 Å². The molecule has 0 bridgehead atoms. The molecular formula is C16H16N6O. The molecule has 3 aromatic rings. The molecule has 0 saturated carbocycles. The SMILES string of the molecule is O=C1[C@@H](Nc2ncnc3nc[nH]c23)CCN1Cc1ccccc1. The van der Waals surface area contributed by atoms with E-state index in [0.717, 1.165) is 24.0 Å². The molecule has 0 radical (unpaired) electrons. The number of aromatic amines is 1. The molecule has 1 fully saturated rings. The fourth-order valence-corrected chi connectivity index (χ4v) is 2.87. The number of imidazole rings is 1. The Labute approximate surface area is 132 Å². The third-order valence-corrected chi connectivity index (χ3v) is 4.05. The predicted molar refractivity (Wildman–Crippen MR) is 85.6 cm³/mol. The third-order valence-electron chi connectivity index (χ3n) is 4.05. The smallest absolute Gasteiger partial charge is 0.245 e. The lowest BCUT2D eigenvalue weighted by Crippen LogP contribution is -2.33. The van der Waals surface area contributed by atoms with Crippen LogP contribution in [0.4, 0.5) is 5.82 Å². The van der Waals surface area contributed by atoms with Gasteiger partial charge in [-0.2, -0.15) is 0 Å². The highest BCUT2D eigenvalue weighted by Gasteiger charge is 2.32. The van der Waals surface area contributed by atoms with Gasteiger partial charge in [0.25, 0.3) is 0 Å². The molecule has 3 heterocycles. The Kier molecular flexibility index (Phi) is 3.38. The lowest BCUT2D eigenvalue weighted by molar-refractivity contribution is -0.128. The first-order chi connectivity index (χ1) is 11.3. The molecule has 4 rings (SSSR count). The molecule has 0 unspecified atom stereocenters. The van der Waals surface area contributed by atoms with E-state index in [9.17, 15) is 4.79 Å². The lowest BCUT2D eigenvalue weighted by Gasteiger charge is -2.17. The van der Waals surface area contributed by atoms with E-state index < -0.39 is 0 Å². The molecule has 1 aliphatic heterocycles. The van der Waals surface area contributed by atoms with Crippen molar-refractivity contribution in [1.82, 2.24) is 24.8 Å². The van der Waals surface area contributed by atoms with Crippen LogP contribution in [0.2, 0.25) is 0 Å². The second-order valence-electron chi connectivity index (χ2n) is 5.55. The van der Waals surface area contributed by atoms with Crippen molar-refractivity contribution in [1.29, 1.82) is 0 Å². The van der Waals surface area contributed by atoms with Crippen LogP contribution < -0.4 is 5.32 Å². The van der Waals surface area contributed by atoms with Crippen molar-refractivity contribution in [3.8, 4) is 0 Å². The maximum Gasteiger partial charge on any atom is 0.245 e. The molecule has 1 atom stereocenters. The summed E-state index contributed by atoms with van der Waals surface area (Å²) in [6.07, 6.45) is 3.78. The second kappa shape index (κ2) is 5.68. The number of amides is 1. The molecule has 23 heavy (non-hydrogen) atoms. The topological polar surface area (TPSA) is 86.8 Å². The van der Waals surface area contributed by atoms with E-state index in [-0.39, 0.29) is 11.9 Å². The van der Waals surface area contributed by atoms with Gasteiger partial charge >= 0.3 is 0 Å². The van der Waals surface area contributed by atoms with E-state index in [1.54, 1.807) is 6.33 Å². The number of carbonyl (C=O) groups is 1. The van der Waals surface area contributed by atoms with Gasteiger partial charge in [0.05, 0.1) is 6.33 Å². The van der Waals surface area contributed by atoms with Crippen LogP contribution in [0.25, 0.3) is 11.2 Å². The Morgan fingerprint density at radius 2 is 2.09 bits per heavy atom. The highest BCUT2D eigenvalue weighted by atomic mass is 16.2. The first-order valence-electron chi connectivity index (χ1n) is 7.54. The summed E-state index contributed by atoms with van der Waals surface area (Å²) in [6, 6.07) is 9.76. The number of H-pyrrole nitrogens is 1. The zero-order valence-electron chi connectivity index (χ0n) is 12.4. The number of nitrogens with zero attached hydrogens (tertiary/aromatic N) is 4. The van der Waals surface area contributed by atoms with Crippen LogP contribution in [0.15, 0.2) is 43.0 Å². The van der Waals surface area contributed by atoms with Crippen molar-refractivity contribution in [2.75, 3.05) is 11.9 Å². The van der Waals surface area contributed by atoms with Crippen LogP contribution >= 0.6 is 0 Å². The minimum Gasteiger partial charge on any atom is -0.356 e. The van der Waals surface area contributed by atoms with Crippen molar-refractivity contribution in [2.24, 2.45) is 0 Å². The number of hydrogen-bond donors (Lipinski definition) is 2. The number of hydrogen-bond acceptors (Lipinski definition) is 5. The monoisotopic (exact) mass is 308 g/mol. The average Bonchev–Trinajstić information content (AvgIpc) is 3.18. The highest BCUT2D eigenvalue weighted by molar-refractivity contribution is 5.89. The summed E-state index contributed by atoms with van der Waals surface area (Å²) < 4.78 is 0. The maximum absolute atomic E-state index is 12.6. The normalized spacial score (nSPS) is 17.8. The molecule has 1 saturated heterocycles. The molecule has 2 N–H and O–H groups in total. The molecule has 2 aromatic heterocycles. The Hall–Kier alpha value is -2.96. The zero-order valence-corrected chi connectivity index (χ0v) is 12.4. The molecule has 7 heteroatoms. The summed E-state index contributed by atoms with van der Waals surface area (Å²) in [5, 5.41) is 3.22. The van der Waals surface area contributed by atoms with Crippen LogP contribution in [0, 0.1) is 0 Å². The quantitative estimate of drug-likeness (QED) is 0.764. The lowest BCUT2D eigenvalue weighted by atomic mass is 10.2. The standard InChI is InChI=1S/C16H16N6O/c23-16-12(6-7-22(16)8-11-4-2-1-3-5-11)21-15-13-14(18-9-17-13)19-10-20-15/h1-5,9-10,12H,6-8H2,(H2,17,18,19,20,21)/t12-/m0/s1. The minimum atomic E-state index is -0.264. The summed E-state index contributed by atoms with van der Waals surface area (Å²) in [7, 11) is 0. The number of anilines is 1. The summed E-state index contributed by atoms with van der Waals surface area (Å²) >= 11 is 0. The Morgan fingerprint density at radius 3 is 2.96 bits per heavy atom. The molecule has 0 aliphatic carbocycles. The fourth-order valence-electron chi connectivity index (χ4n) is 2.87. The van der Waals surface area contributed by atoms with Gasteiger partial charge in [0.1, 0.15) is 17.9 Å². The number of rotatable bonds is 4. The number of carbonyl (C=O) groups excluding carboxylic acids is 1. The van der Waals surface area contributed by atoms with E-state index >= 15 is 0 Å². The minimum absolute atomic E-state index is 0.0973. The first-order valence-corrected chi connectivity index (χ1v) is 7.54. The fraction of sp³-hybridized carbons (Fsp3) is 0.250. The van der Waals surface area contributed by atoms with Crippen molar-refractivity contribution < 1.29 is 4.79 Å². The van der Waals surface area contributed by atoms with Crippen LogP contribution in [0.3, 0.4) is 0 Å². The van der Waals surface area contributed by atoms with E-state index in [1.165, 1.54) is 6.33 Å². The van der Waals surface area contributed by atoms with E-state index in [0.29, 0.717) is 18.0 Å². The summed E-state index contributed by atoms with van der Waals surface area (Å²) in [5.74, 6) is 0.715. The average molecular weight is 308 g/mol. The first kappa shape index (κ1) is 13.7. The van der Waals surface area contributed by atoms with Crippen LogP contribution in [0.1, 0.15) is 12.0 Å². The Balaban J connectivity index is 1.49. The number of benzene rings is 1. The third kappa shape index (κ3) is 2.61. The number of likely N-dealkylation sites (tertiary alicyclic amines) is 1. The van der Waals surface area contributed by atoms with Gasteiger partial charge in [-0.25, -0.2) is 15.0 Å². The summed E-state index contributed by atoms with van der Waals surface area (Å²) in [5.41, 5.74) is 2.45. The second-order valence-corrected chi connectivity index (χ2v) is 5.55. The Morgan fingerprint density at radius 1 is 1.22 bits per heavy atom. The van der Waals surface area contributed by atoms with Gasteiger partial charge in [0, 0.05) is 13.1 Å². The van der Waals surface area contributed by atoms with Crippen LogP contribution in [0.5, 0.6) is 0 Å². The molecule has 1 aromatic carbocycles. The zero-order chi connectivity index (χ0) is 15.6. The van der Waals surface area contributed by atoms with Gasteiger partial charge in [-0.3, -0.25) is 4.79 Å². The number of fused-ring (bicyclic) bond motifs is 1. The summed E-state index contributed by atoms with van der Waals surface area (Å²) in [6.45, 7) is 1.38. The summed E-state index contributed by atoms with van der Waals surface area (Å²) in [4.78, 5) is 29.9. The molecule has 7 nitrogen and oxygen atoms in total. The molecular weight excluding hydrogens is 292 g/mol. The van der Waals surface area contributed by atoms with Crippen molar-refractivity contribution in [3.63, 3.8) is 0 Å². The predicted octanol–water partition coefficient (Wildman–Crippen LogP) is 1.57. The van der Waals surface area contributed by atoms with E-state index in [2.05, 4.69) is 25.3 Å². The van der Waals surface area contributed by atoms with Gasteiger partial charge in [-0.1, -0.05) is 30.3 Å².